The fourth-order valence-electron chi connectivity index (χ4n) is 5.37. The van der Waals surface area contributed by atoms with Gasteiger partial charge < -0.3 is 23.0 Å². The fraction of sp³-hybridized carbons (Fsp3) is 0.452. The summed E-state index contributed by atoms with van der Waals surface area (Å²) in [6.07, 6.45) is 6.86. The Hall–Kier alpha value is -3.93. The van der Waals surface area contributed by atoms with Gasteiger partial charge in [0, 0.05) is 42.7 Å². The highest BCUT2D eigenvalue weighted by atomic mass is 32.2. The summed E-state index contributed by atoms with van der Waals surface area (Å²) in [5.41, 5.74) is 1.20. The van der Waals surface area contributed by atoms with Crippen molar-refractivity contribution in [2.45, 2.75) is 59.3 Å². The Morgan fingerprint density at radius 1 is 1.22 bits per heavy atom. The number of nitrogens with zero attached hydrogens (tertiary/aromatic N) is 4. The second-order valence-corrected chi connectivity index (χ2v) is 14.5. The van der Waals surface area contributed by atoms with Crippen LogP contribution in [0.15, 0.2) is 35.3 Å². The van der Waals surface area contributed by atoms with Crippen molar-refractivity contribution >= 4 is 38.9 Å². The molecule has 3 aliphatic heterocycles. The first-order valence-corrected chi connectivity index (χ1v) is 16.8. The first-order chi connectivity index (χ1) is 21.1. The molecule has 11 nitrogen and oxygen atoms in total. The minimum Gasteiger partial charge on any atom is -0.481 e. The van der Waals surface area contributed by atoms with Gasteiger partial charge in [0.15, 0.2) is 12.4 Å². The highest BCUT2D eigenvalue weighted by molar-refractivity contribution is 7.86. The van der Waals surface area contributed by atoms with Crippen molar-refractivity contribution in [2.75, 3.05) is 30.9 Å². The van der Waals surface area contributed by atoms with Gasteiger partial charge >= 0.3 is 10.1 Å². The van der Waals surface area contributed by atoms with Gasteiger partial charge in [-0.05, 0) is 50.5 Å². The van der Waals surface area contributed by atoms with Gasteiger partial charge in [-0.3, -0.25) is 9.69 Å². The normalized spacial score (nSPS) is 19.3. The molecule has 14 heteroatoms. The molecule has 45 heavy (non-hydrogen) atoms. The van der Waals surface area contributed by atoms with Crippen LogP contribution in [-0.2, 0) is 38.0 Å². The van der Waals surface area contributed by atoms with E-state index >= 15 is 0 Å². The van der Waals surface area contributed by atoms with Crippen molar-refractivity contribution in [1.82, 2.24) is 8.94 Å². The average Bonchev–Trinajstić information content (AvgIpc) is 3.54. The van der Waals surface area contributed by atoms with Crippen LogP contribution in [0.25, 0.3) is 0 Å². The Morgan fingerprint density at radius 2 is 1.98 bits per heavy atom. The second kappa shape index (κ2) is 12.1. The molecule has 1 aromatic heterocycles. The summed E-state index contributed by atoms with van der Waals surface area (Å²) >= 11 is 1.24. The molecule has 3 aromatic rings. The van der Waals surface area contributed by atoms with Crippen molar-refractivity contribution in [1.29, 1.82) is 0 Å². The number of hydrogen-bond acceptors (Lipinski definition) is 10. The van der Waals surface area contributed by atoms with Crippen LogP contribution in [0, 0.1) is 23.6 Å². The summed E-state index contributed by atoms with van der Waals surface area (Å²) in [6.45, 7) is 11.5. The molecule has 240 valence electrons. The Kier molecular flexibility index (Phi) is 8.74. The highest BCUT2D eigenvalue weighted by Crippen LogP contribution is 2.45. The van der Waals surface area contributed by atoms with E-state index in [1.165, 1.54) is 28.6 Å². The maximum Gasteiger partial charge on any atom is 0.306 e. The molecule has 4 heterocycles. The summed E-state index contributed by atoms with van der Waals surface area (Å²) in [6, 6.07) is 7.72. The number of rotatable bonds is 6. The van der Waals surface area contributed by atoms with Crippen molar-refractivity contribution in [3.63, 3.8) is 0 Å². The Bertz CT molecular complexity index is 1860. The predicted octanol–water partition coefficient (Wildman–Crippen LogP) is 4.31. The van der Waals surface area contributed by atoms with Crippen LogP contribution in [0.4, 0.5) is 15.8 Å². The summed E-state index contributed by atoms with van der Waals surface area (Å²) in [7, 11) is -3.53. The molecular formula is C31H35FN4O7S2. The summed E-state index contributed by atoms with van der Waals surface area (Å²) < 4.78 is 64.8. The lowest BCUT2D eigenvalue weighted by Gasteiger charge is -2.28. The average molecular weight is 659 g/mol. The molecule has 1 atom stereocenters. The van der Waals surface area contributed by atoms with Crippen LogP contribution in [0.5, 0.6) is 17.2 Å². The minimum atomic E-state index is -3.53. The number of amides is 1. The molecule has 0 bridgehead atoms. The molecular weight excluding hydrogens is 623 g/mol. The third-order valence-corrected chi connectivity index (χ3v) is 8.74. The van der Waals surface area contributed by atoms with Gasteiger partial charge in [0.05, 0.1) is 23.9 Å². The summed E-state index contributed by atoms with van der Waals surface area (Å²) in [4.78, 5) is 18.6. The first-order valence-electron chi connectivity index (χ1n) is 14.2. The van der Waals surface area contributed by atoms with E-state index < -0.39 is 15.9 Å². The van der Waals surface area contributed by atoms with Crippen LogP contribution < -0.4 is 23.4 Å². The molecule has 3 aliphatic rings. The van der Waals surface area contributed by atoms with E-state index in [1.54, 1.807) is 18.2 Å². The fourth-order valence-corrected chi connectivity index (χ4v) is 6.58. The first kappa shape index (κ1) is 32.5. The molecule has 0 fully saturated rings. The standard InChI is InChI=1S/C18H17FN4O2S.C13H18O5S/c1-4-5-22-13-7-12(11(19)6-14(13)25-9-16(22)24)20-17-23-10-18(2,3)8-15(23)21-26-17;1-5-16-12-13(2,3)10-8-9(18-19(4,14)15)6-7-11(10)17-12/h1,6-7H,5,8-10H2,2-3H3;6-8,12H,5H2,1-4H3. The zero-order valence-corrected chi connectivity index (χ0v) is 27.6. The number of hydrogen-bond donors (Lipinski definition) is 0. The van der Waals surface area contributed by atoms with Crippen LogP contribution in [0.1, 0.15) is 46.0 Å². The zero-order valence-electron chi connectivity index (χ0n) is 25.9. The lowest BCUT2D eigenvalue weighted by molar-refractivity contribution is -0.121. The third-order valence-electron chi connectivity index (χ3n) is 7.47. The molecule has 6 rings (SSSR count). The van der Waals surface area contributed by atoms with Crippen LogP contribution in [0.3, 0.4) is 0 Å². The number of aromatic nitrogens is 2. The van der Waals surface area contributed by atoms with Crippen LogP contribution in [0.2, 0.25) is 0 Å². The zero-order chi connectivity index (χ0) is 32.7. The van der Waals surface area contributed by atoms with Crippen LogP contribution in [-0.4, -0.2) is 55.6 Å². The monoisotopic (exact) mass is 658 g/mol. The number of anilines is 1. The van der Waals surface area contributed by atoms with E-state index in [9.17, 15) is 17.6 Å². The number of benzene rings is 2. The van der Waals surface area contributed by atoms with Crippen molar-refractivity contribution in [3.8, 4) is 29.6 Å². The smallest absolute Gasteiger partial charge is 0.306 e. The molecule has 0 saturated heterocycles. The van der Waals surface area contributed by atoms with Crippen molar-refractivity contribution in [3.05, 3.63) is 52.3 Å². The van der Waals surface area contributed by atoms with E-state index in [2.05, 4.69) is 29.1 Å². The molecule has 0 spiro atoms. The van der Waals surface area contributed by atoms with Crippen molar-refractivity contribution < 1.29 is 36.0 Å². The van der Waals surface area contributed by atoms with E-state index in [1.807, 2.05) is 25.3 Å². The van der Waals surface area contributed by atoms with Gasteiger partial charge in [0.25, 0.3) is 5.91 Å². The number of terminal acetylenes is 1. The number of ether oxygens (including phenoxy) is 3. The van der Waals surface area contributed by atoms with E-state index in [0.717, 1.165) is 30.6 Å². The summed E-state index contributed by atoms with van der Waals surface area (Å²) in [5, 5.41) is 0. The maximum absolute atomic E-state index is 14.5. The molecule has 2 aromatic carbocycles. The van der Waals surface area contributed by atoms with Gasteiger partial charge in [-0.25, -0.2) is 9.38 Å². The number of carbonyl (C=O) groups is 1. The molecule has 0 N–H and O–H groups in total. The van der Waals surface area contributed by atoms with E-state index in [-0.39, 0.29) is 47.6 Å². The Balaban J connectivity index is 0.000000187. The molecule has 0 saturated carbocycles. The number of carbonyl (C=O) groups excluding carboxylic acids is 1. The highest BCUT2D eigenvalue weighted by Gasteiger charge is 2.42. The van der Waals surface area contributed by atoms with Gasteiger partial charge in [-0.2, -0.15) is 12.8 Å². The molecule has 1 amide bonds. The number of halogens is 1. The minimum absolute atomic E-state index is 0.0964. The number of fused-ring (bicyclic) bond motifs is 3. The second-order valence-electron chi connectivity index (χ2n) is 12.2. The van der Waals surface area contributed by atoms with E-state index in [4.69, 9.17) is 24.8 Å². The lowest BCUT2D eigenvalue weighted by Crippen LogP contribution is -2.39. The molecule has 0 aliphatic carbocycles. The van der Waals surface area contributed by atoms with Gasteiger partial charge in [-0.1, -0.05) is 19.8 Å². The predicted molar refractivity (Wildman–Crippen MR) is 167 cm³/mol. The van der Waals surface area contributed by atoms with Crippen LogP contribution >= 0.6 is 11.5 Å². The third kappa shape index (κ3) is 6.85. The SMILES string of the molecule is C#CCN1C(=O)COc2cc(F)c(N=c3snc4n3CC(C)(C)C4)cc21.CCOC1Oc2ccc(OS(C)(=O)=O)cc2C1(C)C. The Morgan fingerprint density at radius 3 is 2.67 bits per heavy atom. The lowest BCUT2D eigenvalue weighted by atomic mass is 9.85. The largest absolute Gasteiger partial charge is 0.481 e. The van der Waals surface area contributed by atoms with Crippen molar-refractivity contribution in [2.24, 2.45) is 10.4 Å². The van der Waals surface area contributed by atoms with Gasteiger partial charge in [-0.15, -0.1) is 6.42 Å². The van der Waals surface area contributed by atoms with Gasteiger partial charge in [0.2, 0.25) is 11.1 Å². The van der Waals surface area contributed by atoms with Gasteiger partial charge in [0.1, 0.15) is 28.8 Å². The maximum atomic E-state index is 14.5. The quantitative estimate of drug-likeness (QED) is 0.284. The summed E-state index contributed by atoms with van der Waals surface area (Å²) in [5.74, 6) is 3.91. The topological polar surface area (TPSA) is 122 Å². The Labute approximate surface area is 265 Å². The molecule has 1 unspecified atom stereocenters. The molecule has 0 radical (unpaired) electrons. The van der Waals surface area contributed by atoms with E-state index in [0.29, 0.717) is 28.6 Å².